The molecule has 0 bridgehead atoms. The van der Waals surface area contributed by atoms with E-state index in [9.17, 15) is 5.11 Å². The van der Waals surface area contributed by atoms with E-state index in [1.54, 1.807) is 0 Å². The Balaban J connectivity index is 1.94. The van der Waals surface area contributed by atoms with Crippen LogP contribution in [0.1, 0.15) is 57.3 Å². The zero-order chi connectivity index (χ0) is 13.7. The van der Waals surface area contributed by atoms with Crippen molar-refractivity contribution in [1.82, 2.24) is 0 Å². The van der Waals surface area contributed by atoms with Crippen molar-refractivity contribution >= 4 is 26.9 Å². The van der Waals surface area contributed by atoms with Crippen molar-refractivity contribution in [3.63, 3.8) is 0 Å². The van der Waals surface area contributed by atoms with Gasteiger partial charge in [-0.2, -0.15) is 0 Å². The van der Waals surface area contributed by atoms with Gasteiger partial charge in [0.25, 0.3) is 0 Å². The smallest absolute Gasteiger partial charge is 0.148 e. The van der Waals surface area contributed by atoms with E-state index in [2.05, 4.69) is 22.9 Å². The number of fused-ring (bicyclic) bond motifs is 1. The van der Waals surface area contributed by atoms with Crippen LogP contribution in [0.3, 0.4) is 0 Å². The van der Waals surface area contributed by atoms with E-state index < -0.39 is 6.10 Å². The zero-order valence-corrected chi connectivity index (χ0v) is 12.9. The first-order valence-electron chi connectivity index (χ1n) is 7.08. The molecule has 0 aliphatic heterocycles. The third kappa shape index (κ3) is 3.83. The molecule has 0 aliphatic rings. The van der Waals surface area contributed by atoms with Crippen LogP contribution in [-0.4, -0.2) is 5.11 Å². The topological polar surface area (TPSA) is 33.4 Å². The summed E-state index contributed by atoms with van der Waals surface area (Å²) in [5, 5.41) is 11.2. The highest BCUT2D eigenvalue weighted by Crippen LogP contribution is 2.31. The number of unbranched alkanes of at least 4 members (excludes halogenated alkanes) is 4. The summed E-state index contributed by atoms with van der Waals surface area (Å²) >= 11 is 3.47. The van der Waals surface area contributed by atoms with Crippen molar-refractivity contribution in [3.8, 4) is 0 Å². The highest BCUT2D eigenvalue weighted by Gasteiger charge is 2.14. The van der Waals surface area contributed by atoms with Crippen molar-refractivity contribution in [2.24, 2.45) is 0 Å². The minimum Gasteiger partial charge on any atom is -0.457 e. The van der Waals surface area contributed by atoms with E-state index in [1.807, 2.05) is 24.3 Å². The van der Waals surface area contributed by atoms with Crippen LogP contribution in [-0.2, 0) is 0 Å². The summed E-state index contributed by atoms with van der Waals surface area (Å²) in [7, 11) is 0. The highest BCUT2D eigenvalue weighted by molar-refractivity contribution is 9.10. The second-order valence-corrected chi connectivity index (χ2v) is 5.88. The lowest BCUT2D eigenvalue weighted by Gasteiger charge is -2.06. The Kier molecular flexibility index (Phi) is 5.46. The van der Waals surface area contributed by atoms with Crippen molar-refractivity contribution in [3.05, 3.63) is 34.5 Å². The lowest BCUT2D eigenvalue weighted by atomic mass is 10.1. The van der Waals surface area contributed by atoms with Crippen LogP contribution in [0.2, 0.25) is 0 Å². The molecule has 1 aromatic carbocycles. The van der Waals surface area contributed by atoms with Gasteiger partial charge in [-0.1, -0.05) is 51.2 Å². The van der Waals surface area contributed by atoms with Crippen molar-refractivity contribution in [2.75, 3.05) is 0 Å². The summed E-state index contributed by atoms with van der Waals surface area (Å²) < 4.78 is 6.68. The lowest BCUT2D eigenvalue weighted by molar-refractivity contribution is 0.139. The van der Waals surface area contributed by atoms with E-state index in [0.29, 0.717) is 5.76 Å². The fraction of sp³-hybridized carbons (Fsp3) is 0.500. The first-order valence-corrected chi connectivity index (χ1v) is 7.87. The van der Waals surface area contributed by atoms with Gasteiger partial charge >= 0.3 is 0 Å². The number of furan rings is 1. The predicted octanol–water partition coefficient (Wildman–Crippen LogP) is 5.59. The van der Waals surface area contributed by atoms with Crippen LogP contribution >= 0.6 is 15.9 Å². The summed E-state index contributed by atoms with van der Waals surface area (Å²) in [6.45, 7) is 2.21. The average molecular weight is 325 g/mol. The number of benzene rings is 1. The Labute approximate surface area is 122 Å². The molecule has 0 aliphatic carbocycles. The molecule has 1 atom stereocenters. The number of rotatable bonds is 7. The molecule has 0 fully saturated rings. The van der Waals surface area contributed by atoms with E-state index >= 15 is 0 Å². The summed E-state index contributed by atoms with van der Waals surface area (Å²) in [5.41, 5.74) is 0.822. The largest absolute Gasteiger partial charge is 0.457 e. The maximum atomic E-state index is 10.2. The van der Waals surface area contributed by atoms with Gasteiger partial charge in [0.05, 0.1) is 4.47 Å². The van der Waals surface area contributed by atoms with Crippen LogP contribution < -0.4 is 0 Å². The second-order valence-electron chi connectivity index (χ2n) is 5.03. The molecule has 0 amide bonds. The number of aliphatic hydroxyl groups is 1. The van der Waals surface area contributed by atoms with Gasteiger partial charge in [-0.3, -0.25) is 0 Å². The zero-order valence-electron chi connectivity index (χ0n) is 11.4. The molecule has 104 valence electrons. The first kappa shape index (κ1) is 14.6. The molecule has 0 saturated carbocycles. The Bertz CT molecular complexity index is 518. The van der Waals surface area contributed by atoms with Crippen LogP contribution in [0.5, 0.6) is 0 Å². The molecule has 3 heteroatoms. The van der Waals surface area contributed by atoms with Crippen LogP contribution in [0.25, 0.3) is 11.0 Å². The summed E-state index contributed by atoms with van der Waals surface area (Å²) in [6.07, 6.45) is 6.33. The molecule has 1 unspecified atom stereocenters. The molecule has 1 aromatic heterocycles. The van der Waals surface area contributed by atoms with Gasteiger partial charge in [-0.05, 0) is 34.5 Å². The number of para-hydroxylation sites is 1. The maximum absolute atomic E-state index is 10.2. The number of hydrogen-bond acceptors (Lipinski definition) is 2. The average Bonchev–Trinajstić information content (AvgIpc) is 2.84. The number of aliphatic hydroxyl groups excluding tert-OH is 1. The predicted molar refractivity (Wildman–Crippen MR) is 82.2 cm³/mol. The van der Waals surface area contributed by atoms with Gasteiger partial charge in [0.1, 0.15) is 17.4 Å². The summed E-state index contributed by atoms with van der Waals surface area (Å²) in [4.78, 5) is 0. The maximum Gasteiger partial charge on any atom is 0.148 e. The second kappa shape index (κ2) is 7.11. The first-order chi connectivity index (χ1) is 9.22. The van der Waals surface area contributed by atoms with Crippen molar-refractivity contribution in [2.45, 2.75) is 51.6 Å². The van der Waals surface area contributed by atoms with Crippen LogP contribution in [0.4, 0.5) is 0 Å². The molecule has 1 N–H and O–H groups in total. The molecule has 0 saturated heterocycles. The molecule has 2 aromatic rings. The molecule has 2 rings (SSSR count). The van der Waals surface area contributed by atoms with E-state index in [0.717, 1.165) is 28.3 Å². The van der Waals surface area contributed by atoms with Gasteiger partial charge in [-0.15, -0.1) is 0 Å². The minimum atomic E-state index is -0.485. The molecular weight excluding hydrogens is 304 g/mol. The van der Waals surface area contributed by atoms with E-state index in [-0.39, 0.29) is 0 Å². The monoisotopic (exact) mass is 324 g/mol. The Morgan fingerprint density at radius 3 is 2.74 bits per heavy atom. The SMILES string of the molecule is CCCCCCCC(O)c1cc2cccc(Br)c2o1. The van der Waals surface area contributed by atoms with Gasteiger partial charge in [-0.25, -0.2) is 0 Å². The minimum absolute atomic E-state index is 0.485. The van der Waals surface area contributed by atoms with Crippen LogP contribution in [0.15, 0.2) is 33.2 Å². The fourth-order valence-electron chi connectivity index (χ4n) is 2.30. The molecule has 19 heavy (non-hydrogen) atoms. The molecule has 2 nitrogen and oxygen atoms in total. The molecule has 0 spiro atoms. The standard InChI is InChI=1S/C16H21BrO2/c1-2-3-4-5-6-10-14(18)15-11-12-8-7-9-13(17)16(12)19-15/h7-9,11,14,18H,2-6,10H2,1H3. The molecule has 1 heterocycles. The number of hydrogen-bond donors (Lipinski definition) is 1. The van der Waals surface area contributed by atoms with E-state index in [1.165, 1.54) is 25.7 Å². The van der Waals surface area contributed by atoms with E-state index in [4.69, 9.17) is 4.42 Å². The number of halogens is 1. The van der Waals surface area contributed by atoms with Crippen molar-refractivity contribution < 1.29 is 9.52 Å². The van der Waals surface area contributed by atoms with Gasteiger partial charge in [0, 0.05) is 5.39 Å². The Morgan fingerprint density at radius 2 is 2.00 bits per heavy atom. The lowest BCUT2D eigenvalue weighted by Crippen LogP contribution is -1.95. The quantitative estimate of drug-likeness (QED) is 0.673. The highest BCUT2D eigenvalue weighted by atomic mass is 79.9. The summed E-state index contributed by atoms with van der Waals surface area (Å²) in [6, 6.07) is 7.87. The molecule has 0 radical (unpaired) electrons. The third-order valence-electron chi connectivity index (χ3n) is 3.42. The summed E-state index contributed by atoms with van der Waals surface area (Å²) in [5.74, 6) is 0.678. The van der Waals surface area contributed by atoms with Gasteiger partial charge in [0.2, 0.25) is 0 Å². The Morgan fingerprint density at radius 1 is 1.21 bits per heavy atom. The normalized spacial score (nSPS) is 13.0. The fourth-order valence-corrected chi connectivity index (χ4v) is 2.76. The van der Waals surface area contributed by atoms with Crippen molar-refractivity contribution in [1.29, 1.82) is 0 Å². The van der Waals surface area contributed by atoms with Gasteiger partial charge in [0.15, 0.2) is 0 Å². The Hall–Kier alpha value is -0.800. The van der Waals surface area contributed by atoms with Crippen LogP contribution in [0, 0.1) is 0 Å². The van der Waals surface area contributed by atoms with Gasteiger partial charge < -0.3 is 9.52 Å². The molecular formula is C16H21BrO2. The third-order valence-corrected chi connectivity index (χ3v) is 4.05.